The van der Waals surface area contributed by atoms with Gasteiger partial charge in [0.05, 0.1) is 5.92 Å². The van der Waals surface area contributed by atoms with Gasteiger partial charge in [-0.1, -0.05) is 69.2 Å². The van der Waals surface area contributed by atoms with E-state index >= 15 is 0 Å². The molecule has 0 saturated carbocycles. The summed E-state index contributed by atoms with van der Waals surface area (Å²) in [5.41, 5.74) is 1.98. The Bertz CT molecular complexity index is 510. The molecule has 1 atom stereocenters. The summed E-state index contributed by atoms with van der Waals surface area (Å²) in [6.45, 7) is 1.97. The molecular formula is C20H30O4. The van der Waals surface area contributed by atoms with Crippen molar-refractivity contribution in [3.05, 3.63) is 35.4 Å². The summed E-state index contributed by atoms with van der Waals surface area (Å²) in [6, 6.07) is 7.73. The lowest BCUT2D eigenvalue weighted by Crippen LogP contribution is -2.12. The molecule has 24 heavy (non-hydrogen) atoms. The Labute approximate surface area is 144 Å². The Morgan fingerprint density at radius 1 is 0.875 bits per heavy atom. The Kier molecular flexibility index (Phi) is 9.81. The number of carbonyl (C=O) groups is 2. The van der Waals surface area contributed by atoms with Gasteiger partial charge < -0.3 is 10.2 Å². The lowest BCUT2D eigenvalue weighted by molar-refractivity contribution is -0.139. The summed E-state index contributed by atoms with van der Waals surface area (Å²) < 4.78 is 0. The molecule has 1 unspecified atom stereocenters. The number of carboxylic acids is 2. The highest BCUT2D eigenvalue weighted by molar-refractivity contribution is 5.76. The summed E-state index contributed by atoms with van der Waals surface area (Å²) in [4.78, 5) is 21.9. The van der Waals surface area contributed by atoms with Crippen molar-refractivity contribution in [1.82, 2.24) is 0 Å². The first-order valence-corrected chi connectivity index (χ1v) is 9.02. The number of hydrogen-bond donors (Lipinski definition) is 2. The third kappa shape index (κ3) is 8.14. The molecule has 0 radical (unpaired) electrons. The van der Waals surface area contributed by atoms with Crippen LogP contribution in [0.2, 0.25) is 0 Å². The number of aliphatic carboxylic acids is 2. The maximum atomic E-state index is 11.5. The Morgan fingerprint density at radius 3 is 1.96 bits per heavy atom. The van der Waals surface area contributed by atoms with E-state index in [0.717, 1.165) is 62.5 Å². The number of carboxylic acid groups (broad SMARTS) is 2. The lowest BCUT2D eigenvalue weighted by atomic mass is 9.90. The first kappa shape index (κ1) is 20.2. The molecule has 2 N–H and O–H groups in total. The van der Waals surface area contributed by atoms with Crippen LogP contribution in [-0.4, -0.2) is 22.2 Å². The zero-order valence-electron chi connectivity index (χ0n) is 14.7. The van der Waals surface area contributed by atoms with Crippen molar-refractivity contribution in [2.24, 2.45) is 0 Å². The van der Waals surface area contributed by atoms with E-state index in [2.05, 4.69) is 0 Å². The molecule has 1 rings (SSSR count). The van der Waals surface area contributed by atoms with Gasteiger partial charge in [0.25, 0.3) is 0 Å². The molecule has 1 aromatic rings. The Balaban J connectivity index is 2.15. The number of unbranched alkanes of at least 4 members (excludes halogenated alkanes) is 7. The van der Waals surface area contributed by atoms with Crippen molar-refractivity contribution < 1.29 is 19.8 Å². The first-order chi connectivity index (χ1) is 11.5. The van der Waals surface area contributed by atoms with Crippen LogP contribution in [0.4, 0.5) is 0 Å². The van der Waals surface area contributed by atoms with Crippen molar-refractivity contribution in [2.45, 2.75) is 77.0 Å². The fourth-order valence-electron chi connectivity index (χ4n) is 3.08. The second-order valence-electron chi connectivity index (χ2n) is 6.51. The average Bonchev–Trinajstić information content (AvgIpc) is 2.53. The SMILES string of the molecule is Cc1ccccc1C(CCCCCCCCCCC(=O)O)C(=O)O. The van der Waals surface area contributed by atoms with E-state index in [-0.39, 0.29) is 6.42 Å². The van der Waals surface area contributed by atoms with Gasteiger partial charge >= 0.3 is 11.9 Å². The molecule has 0 aliphatic rings. The van der Waals surface area contributed by atoms with Crippen LogP contribution >= 0.6 is 0 Å². The van der Waals surface area contributed by atoms with Crippen molar-refractivity contribution in [1.29, 1.82) is 0 Å². The van der Waals surface area contributed by atoms with E-state index in [1.807, 2.05) is 31.2 Å². The molecule has 0 aliphatic carbocycles. The lowest BCUT2D eigenvalue weighted by Gasteiger charge is -2.15. The molecule has 0 bridgehead atoms. The maximum absolute atomic E-state index is 11.5. The summed E-state index contributed by atoms with van der Waals surface area (Å²) in [6.07, 6.45) is 9.22. The third-order valence-corrected chi connectivity index (χ3v) is 4.50. The van der Waals surface area contributed by atoms with Crippen LogP contribution in [-0.2, 0) is 9.59 Å². The molecule has 0 aromatic heterocycles. The molecule has 0 fully saturated rings. The number of benzene rings is 1. The van der Waals surface area contributed by atoms with Crippen LogP contribution in [0.3, 0.4) is 0 Å². The van der Waals surface area contributed by atoms with Gasteiger partial charge in [-0.05, 0) is 30.9 Å². The standard InChI is InChI=1S/C20H30O4/c1-16-12-10-11-13-17(16)18(20(23)24)14-8-6-4-2-3-5-7-9-15-19(21)22/h10-13,18H,2-9,14-15H2,1H3,(H,21,22)(H,23,24). The van der Waals surface area contributed by atoms with Crippen molar-refractivity contribution in [3.8, 4) is 0 Å². The summed E-state index contributed by atoms with van der Waals surface area (Å²) in [7, 11) is 0. The van der Waals surface area contributed by atoms with Crippen LogP contribution in [0.25, 0.3) is 0 Å². The molecule has 1 aromatic carbocycles. The second-order valence-corrected chi connectivity index (χ2v) is 6.51. The smallest absolute Gasteiger partial charge is 0.310 e. The minimum Gasteiger partial charge on any atom is -0.481 e. The number of hydrogen-bond acceptors (Lipinski definition) is 2. The Morgan fingerprint density at radius 2 is 1.42 bits per heavy atom. The molecule has 0 aliphatic heterocycles. The third-order valence-electron chi connectivity index (χ3n) is 4.50. The highest BCUT2D eigenvalue weighted by Crippen LogP contribution is 2.26. The fraction of sp³-hybridized carbons (Fsp3) is 0.600. The van der Waals surface area contributed by atoms with Crippen LogP contribution in [0, 0.1) is 6.92 Å². The van der Waals surface area contributed by atoms with Crippen LogP contribution in [0.15, 0.2) is 24.3 Å². The highest BCUT2D eigenvalue weighted by atomic mass is 16.4. The fourth-order valence-corrected chi connectivity index (χ4v) is 3.08. The van der Waals surface area contributed by atoms with E-state index in [1.54, 1.807) is 0 Å². The van der Waals surface area contributed by atoms with Gasteiger partial charge in [-0.2, -0.15) is 0 Å². The van der Waals surface area contributed by atoms with Gasteiger partial charge in [-0.3, -0.25) is 9.59 Å². The molecule has 0 amide bonds. The van der Waals surface area contributed by atoms with Crippen LogP contribution in [0.1, 0.15) is 81.3 Å². The largest absolute Gasteiger partial charge is 0.481 e. The molecule has 0 heterocycles. The van der Waals surface area contributed by atoms with Crippen molar-refractivity contribution in [2.75, 3.05) is 0 Å². The van der Waals surface area contributed by atoms with E-state index in [1.165, 1.54) is 0 Å². The molecular weight excluding hydrogens is 304 g/mol. The van der Waals surface area contributed by atoms with Gasteiger partial charge in [0.1, 0.15) is 0 Å². The molecule has 134 valence electrons. The summed E-state index contributed by atoms with van der Waals surface area (Å²) >= 11 is 0. The van der Waals surface area contributed by atoms with Crippen LogP contribution < -0.4 is 0 Å². The first-order valence-electron chi connectivity index (χ1n) is 9.02. The second kappa shape index (κ2) is 11.7. The van der Waals surface area contributed by atoms with Crippen LogP contribution in [0.5, 0.6) is 0 Å². The van der Waals surface area contributed by atoms with Gasteiger partial charge in [0.15, 0.2) is 0 Å². The van der Waals surface area contributed by atoms with Gasteiger partial charge in [-0.25, -0.2) is 0 Å². The molecule has 0 spiro atoms. The summed E-state index contributed by atoms with van der Waals surface area (Å²) in [5, 5.41) is 18.0. The van der Waals surface area contributed by atoms with Crippen molar-refractivity contribution in [3.63, 3.8) is 0 Å². The summed E-state index contributed by atoms with van der Waals surface area (Å²) in [5.74, 6) is -1.85. The van der Waals surface area contributed by atoms with Gasteiger partial charge in [0, 0.05) is 6.42 Å². The van der Waals surface area contributed by atoms with Gasteiger partial charge in [0.2, 0.25) is 0 Å². The molecule has 0 saturated heterocycles. The quantitative estimate of drug-likeness (QED) is 0.489. The van der Waals surface area contributed by atoms with E-state index < -0.39 is 17.9 Å². The topological polar surface area (TPSA) is 74.6 Å². The Hall–Kier alpha value is -1.84. The molecule has 4 nitrogen and oxygen atoms in total. The zero-order valence-corrected chi connectivity index (χ0v) is 14.7. The van der Waals surface area contributed by atoms with E-state index in [0.29, 0.717) is 6.42 Å². The monoisotopic (exact) mass is 334 g/mol. The van der Waals surface area contributed by atoms with Crippen molar-refractivity contribution >= 4 is 11.9 Å². The maximum Gasteiger partial charge on any atom is 0.310 e. The predicted octanol–water partition coefficient (Wildman–Crippen LogP) is 5.15. The number of aryl methyl sites for hydroxylation is 1. The number of rotatable bonds is 13. The van der Waals surface area contributed by atoms with E-state index in [4.69, 9.17) is 5.11 Å². The zero-order chi connectivity index (χ0) is 17.8. The minimum atomic E-state index is -0.734. The van der Waals surface area contributed by atoms with Gasteiger partial charge in [-0.15, -0.1) is 0 Å². The highest BCUT2D eigenvalue weighted by Gasteiger charge is 2.20. The predicted molar refractivity (Wildman–Crippen MR) is 95.4 cm³/mol. The molecule has 4 heteroatoms. The average molecular weight is 334 g/mol. The van der Waals surface area contributed by atoms with E-state index in [9.17, 15) is 14.7 Å². The normalized spacial score (nSPS) is 12.0. The minimum absolute atomic E-state index is 0.273.